The maximum atomic E-state index is 12.9. The van der Waals surface area contributed by atoms with E-state index < -0.39 is 30.2 Å². The number of imide groups is 2. The second-order valence-electron chi connectivity index (χ2n) is 7.02. The first-order valence-electron chi connectivity index (χ1n) is 9.29. The molecule has 4 rings (SSSR count). The predicted molar refractivity (Wildman–Crippen MR) is 108 cm³/mol. The lowest BCUT2D eigenvalue weighted by atomic mass is 10.1. The number of hydrogen-bond acceptors (Lipinski definition) is 6. The van der Waals surface area contributed by atoms with E-state index in [1.54, 1.807) is 29.5 Å². The summed E-state index contributed by atoms with van der Waals surface area (Å²) in [6.07, 6.45) is 1.41. The number of hydrogen-bond donors (Lipinski definition) is 0. The third-order valence-corrected chi connectivity index (χ3v) is 5.96. The SMILES string of the molecule is Cc1cc(C(=O)CN2C(=O)C(=O)N(Cc3ccco3)C2=O)c(C)n1Cc1cccs1. The Bertz CT molecular complexity index is 1130. The quantitative estimate of drug-likeness (QED) is 0.330. The monoisotopic (exact) mass is 425 g/mol. The van der Waals surface area contributed by atoms with Gasteiger partial charge in [-0.2, -0.15) is 0 Å². The van der Waals surface area contributed by atoms with E-state index >= 15 is 0 Å². The highest BCUT2D eigenvalue weighted by Crippen LogP contribution is 2.22. The molecule has 0 aliphatic carbocycles. The van der Waals surface area contributed by atoms with Crippen molar-refractivity contribution in [3.05, 3.63) is 69.6 Å². The molecular formula is C21H19N3O5S. The van der Waals surface area contributed by atoms with Crippen LogP contribution in [0.15, 0.2) is 46.4 Å². The number of thiophene rings is 1. The normalized spacial score (nSPS) is 14.3. The van der Waals surface area contributed by atoms with Crippen molar-refractivity contribution in [2.75, 3.05) is 6.54 Å². The fraction of sp³-hybridized carbons (Fsp3) is 0.238. The Balaban J connectivity index is 1.51. The molecule has 8 nitrogen and oxygen atoms in total. The van der Waals surface area contributed by atoms with E-state index in [0.29, 0.717) is 22.8 Å². The highest BCUT2D eigenvalue weighted by molar-refractivity contribution is 7.09. The van der Waals surface area contributed by atoms with Gasteiger partial charge in [-0.05, 0) is 43.5 Å². The van der Waals surface area contributed by atoms with Crippen molar-refractivity contribution >= 4 is 35.0 Å². The van der Waals surface area contributed by atoms with Crippen LogP contribution in [0.2, 0.25) is 0 Å². The van der Waals surface area contributed by atoms with Crippen LogP contribution < -0.4 is 0 Å². The van der Waals surface area contributed by atoms with Gasteiger partial charge in [-0.1, -0.05) is 6.07 Å². The number of carbonyl (C=O) groups is 4. The summed E-state index contributed by atoms with van der Waals surface area (Å²) in [6.45, 7) is 3.73. The number of amides is 4. The Morgan fingerprint density at radius 2 is 1.80 bits per heavy atom. The first-order chi connectivity index (χ1) is 14.4. The number of aromatic nitrogens is 1. The lowest BCUT2D eigenvalue weighted by Crippen LogP contribution is -2.37. The molecule has 0 aromatic carbocycles. The minimum Gasteiger partial charge on any atom is -0.467 e. The molecule has 1 aliphatic heterocycles. The van der Waals surface area contributed by atoms with Crippen LogP contribution in [0, 0.1) is 13.8 Å². The third-order valence-electron chi connectivity index (χ3n) is 5.10. The van der Waals surface area contributed by atoms with Gasteiger partial charge in [0.25, 0.3) is 0 Å². The summed E-state index contributed by atoms with van der Waals surface area (Å²) < 4.78 is 7.16. The largest absolute Gasteiger partial charge is 0.467 e. The van der Waals surface area contributed by atoms with E-state index in [-0.39, 0.29) is 6.54 Å². The average Bonchev–Trinajstić information content (AvgIpc) is 3.50. The van der Waals surface area contributed by atoms with E-state index in [9.17, 15) is 19.2 Å². The molecule has 4 heterocycles. The number of Topliss-reactive ketones (excluding diaryl/α,β-unsaturated/α-hetero) is 1. The molecule has 30 heavy (non-hydrogen) atoms. The summed E-state index contributed by atoms with van der Waals surface area (Å²) in [7, 11) is 0. The van der Waals surface area contributed by atoms with E-state index in [1.165, 1.54) is 6.26 Å². The van der Waals surface area contributed by atoms with Crippen LogP contribution in [0.5, 0.6) is 0 Å². The van der Waals surface area contributed by atoms with Crippen molar-refractivity contribution in [2.45, 2.75) is 26.9 Å². The maximum Gasteiger partial charge on any atom is 0.335 e. The van der Waals surface area contributed by atoms with E-state index in [1.807, 2.05) is 35.9 Å². The Morgan fingerprint density at radius 3 is 2.47 bits per heavy atom. The van der Waals surface area contributed by atoms with Crippen molar-refractivity contribution in [1.29, 1.82) is 0 Å². The van der Waals surface area contributed by atoms with Gasteiger partial charge in [-0.3, -0.25) is 14.4 Å². The van der Waals surface area contributed by atoms with Gasteiger partial charge in [-0.15, -0.1) is 11.3 Å². The Labute approximate surface area is 176 Å². The maximum absolute atomic E-state index is 12.9. The van der Waals surface area contributed by atoms with Crippen molar-refractivity contribution in [3.8, 4) is 0 Å². The van der Waals surface area contributed by atoms with Gasteiger partial charge in [0.15, 0.2) is 5.78 Å². The summed E-state index contributed by atoms with van der Waals surface area (Å²) in [5.41, 5.74) is 2.09. The number of rotatable bonds is 7. The minimum atomic E-state index is -1.01. The predicted octanol–water partition coefficient (Wildman–Crippen LogP) is 2.98. The molecule has 0 atom stereocenters. The van der Waals surface area contributed by atoms with E-state index in [2.05, 4.69) is 0 Å². The molecule has 0 spiro atoms. The fourth-order valence-corrected chi connectivity index (χ4v) is 4.19. The summed E-state index contributed by atoms with van der Waals surface area (Å²) in [5, 5.41) is 1.99. The van der Waals surface area contributed by atoms with E-state index in [4.69, 9.17) is 4.42 Å². The first kappa shape index (κ1) is 19.8. The minimum absolute atomic E-state index is 0.156. The topological polar surface area (TPSA) is 92.8 Å². The van der Waals surface area contributed by atoms with Gasteiger partial charge in [0, 0.05) is 21.8 Å². The van der Waals surface area contributed by atoms with Crippen LogP contribution in [0.4, 0.5) is 4.79 Å². The van der Waals surface area contributed by atoms with Crippen LogP contribution >= 0.6 is 11.3 Å². The highest BCUT2D eigenvalue weighted by Gasteiger charge is 2.45. The van der Waals surface area contributed by atoms with Gasteiger partial charge >= 0.3 is 17.8 Å². The number of nitrogens with zero attached hydrogens (tertiary/aromatic N) is 3. The molecular weight excluding hydrogens is 406 g/mol. The molecule has 1 aliphatic rings. The van der Waals surface area contributed by atoms with Crippen LogP contribution in [0.25, 0.3) is 0 Å². The van der Waals surface area contributed by atoms with Crippen molar-refractivity contribution in [1.82, 2.24) is 14.4 Å². The standard InChI is InChI=1S/C21H19N3O5S/c1-13-9-17(14(2)22(13)11-16-6-4-8-30-16)18(25)12-24-20(27)19(26)23(21(24)28)10-15-5-3-7-29-15/h3-9H,10-12H2,1-2H3. The zero-order valence-corrected chi connectivity index (χ0v) is 17.3. The van der Waals surface area contributed by atoms with Crippen molar-refractivity contribution in [2.24, 2.45) is 0 Å². The highest BCUT2D eigenvalue weighted by atomic mass is 32.1. The van der Waals surface area contributed by atoms with Gasteiger partial charge < -0.3 is 8.98 Å². The van der Waals surface area contributed by atoms with E-state index in [0.717, 1.165) is 21.2 Å². The van der Waals surface area contributed by atoms with Gasteiger partial charge in [0.2, 0.25) is 0 Å². The molecule has 0 bridgehead atoms. The van der Waals surface area contributed by atoms with Crippen LogP contribution in [-0.2, 0) is 22.7 Å². The summed E-state index contributed by atoms with van der Waals surface area (Å²) >= 11 is 1.63. The van der Waals surface area contributed by atoms with Crippen LogP contribution in [-0.4, -0.2) is 44.5 Å². The van der Waals surface area contributed by atoms with Crippen LogP contribution in [0.3, 0.4) is 0 Å². The van der Waals surface area contributed by atoms with Gasteiger partial charge in [0.05, 0.1) is 25.9 Å². The molecule has 0 radical (unpaired) electrons. The van der Waals surface area contributed by atoms with Gasteiger partial charge in [0.1, 0.15) is 5.76 Å². The number of ketones is 1. The summed E-state index contributed by atoms with van der Waals surface area (Å²) in [4.78, 5) is 52.7. The number of carbonyl (C=O) groups excluding carboxylic acids is 4. The Morgan fingerprint density at radius 1 is 1.03 bits per heavy atom. The number of urea groups is 1. The fourth-order valence-electron chi connectivity index (χ4n) is 3.50. The molecule has 0 N–H and O–H groups in total. The third kappa shape index (κ3) is 3.48. The molecule has 3 aromatic heterocycles. The molecule has 3 aromatic rings. The molecule has 1 saturated heterocycles. The summed E-state index contributed by atoms with van der Waals surface area (Å²) in [5.74, 6) is -2.00. The van der Waals surface area contributed by atoms with Crippen molar-refractivity contribution in [3.63, 3.8) is 0 Å². The van der Waals surface area contributed by atoms with Crippen LogP contribution in [0.1, 0.15) is 32.4 Å². The molecule has 9 heteroatoms. The second kappa shape index (κ2) is 7.75. The molecule has 0 unspecified atom stereocenters. The molecule has 0 saturated carbocycles. The summed E-state index contributed by atoms with van der Waals surface area (Å²) in [6, 6.07) is 8.14. The average molecular weight is 425 g/mol. The smallest absolute Gasteiger partial charge is 0.335 e. The second-order valence-corrected chi connectivity index (χ2v) is 8.05. The molecule has 4 amide bonds. The zero-order chi connectivity index (χ0) is 21.4. The Hall–Kier alpha value is -3.46. The van der Waals surface area contributed by atoms with Crippen molar-refractivity contribution < 1.29 is 23.6 Å². The lowest BCUT2D eigenvalue weighted by Gasteiger charge is -2.14. The Kier molecular flexibility index (Phi) is 5.13. The van der Waals surface area contributed by atoms with Gasteiger partial charge in [-0.25, -0.2) is 14.6 Å². The molecule has 154 valence electrons. The number of furan rings is 1. The number of aryl methyl sites for hydroxylation is 1. The lowest BCUT2D eigenvalue weighted by molar-refractivity contribution is -0.143. The first-order valence-corrected chi connectivity index (χ1v) is 10.2. The molecule has 1 fully saturated rings. The zero-order valence-electron chi connectivity index (χ0n) is 16.5.